The number of hydrogen-bond acceptors (Lipinski definition) is 1. The van der Waals surface area contributed by atoms with Gasteiger partial charge in [-0.25, -0.2) is 4.39 Å². The van der Waals surface area contributed by atoms with Crippen LogP contribution in [0.5, 0.6) is 0 Å². The molecule has 0 radical (unpaired) electrons. The molecule has 4 heteroatoms. The number of carbonyl (C=O) groups is 1. The van der Waals surface area contributed by atoms with E-state index < -0.39 is 5.82 Å². The monoisotopic (exact) mass is 253 g/mol. The summed E-state index contributed by atoms with van der Waals surface area (Å²) in [5.74, 6) is 1.68. The molecule has 1 aromatic carbocycles. The van der Waals surface area contributed by atoms with Gasteiger partial charge in [-0.2, -0.15) is 0 Å². The molecule has 0 bridgehead atoms. The van der Waals surface area contributed by atoms with Crippen molar-refractivity contribution in [3.63, 3.8) is 0 Å². The molecule has 0 saturated carbocycles. The van der Waals surface area contributed by atoms with Crippen LogP contribution in [0.25, 0.3) is 0 Å². The highest BCUT2D eigenvalue weighted by Gasteiger charge is 2.13. The van der Waals surface area contributed by atoms with Crippen molar-refractivity contribution in [3.8, 4) is 12.3 Å². The lowest BCUT2D eigenvalue weighted by molar-refractivity contribution is -0.121. The van der Waals surface area contributed by atoms with Crippen LogP contribution in [0, 0.1) is 18.2 Å². The molecule has 0 aliphatic rings. The molecule has 1 unspecified atom stereocenters. The average Bonchev–Trinajstić information content (AvgIpc) is 2.24. The molecule has 0 aromatic heterocycles. The number of benzene rings is 1. The molecule has 1 N–H and O–H groups in total. The van der Waals surface area contributed by atoms with E-state index in [0.29, 0.717) is 6.42 Å². The minimum absolute atomic E-state index is 0.0829. The van der Waals surface area contributed by atoms with Gasteiger partial charge in [0.15, 0.2) is 0 Å². The van der Waals surface area contributed by atoms with Crippen LogP contribution >= 0.6 is 11.6 Å². The lowest BCUT2D eigenvalue weighted by Crippen LogP contribution is -2.33. The molecule has 0 aliphatic carbocycles. The average molecular weight is 254 g/mol. The third kappa shape index (κ3) is 4.08. The number of carbonyl (C=O) groups excluding carboxylic acids is 1. The van der Waals surface area contributed by atoms with Crippen LogP contribution in [0.2, 0.25) is 5.02 Å². The van der Waals surface area contributed by atoms with Gasteiger partial charge in [-0.1, -0.05) is 17.7 Å². The van der Waals surface area contributed by atoms with Gasteiger partial charge < -0.3 is 5.32 Å². The molecule has 17 heavy (non-hydrogen) atoms. The number of amides is 1. The van der Waals surface area contributed by atoms with Gasteiger partial charge in [-0.3, -0.25) is 4.79 Å². The maximum Gasteiger partial charge on any atom is 0.224 e. The number of halogens is 2. The minimum Gasteiger partial charge on any atom is -0.352 e. The molecular formula is C13H13ClFNO. The van der Waals surface area contributed by atoms with Gasteiger partial charge in [0.25, 0.3) is 0 Å². The van der Waals surface area contributed by atoms with Crippen molar-refractivity contribution in [1.29, 1.82) is 0 Å². The Morgan fingerprint density at radius 1 is 1.65 bits per heavy atom. The number of rotatable bonds is 4. The molecule has 1 aromatic rings. The maximum absolute atomic E-state index is 13.4. The second kappa shape index (κ2) is 6.27. The van der Waals surface area contributed by atoms with Gasteiger partial charge in [0.05, 0.1) is 6.42 Å². The Kier molecular flexibility index (Phi) is 4.99. The fourth-order valence-corrected chi connectivity index (χ4v) is 1.65. The summed E-state index contributed by atoms with van der Waals surface area (Å²) in [6, 6.07) is 4.20. The third-order valence-electron chi connectivity index (χ3n) is 2.23. The summed E-state index contributed by atoms with van der Waals surface area (Å²) in [4.78, 5) is 11.6. The second-order valence-electron chi connectivity index (χ2n) is 3.75. The second-order valence-corrected chi connectivity index (χ2v) is 4.16. The highest BCUT2D eigenvalue weighted by Crippen LogP contribution is 2.19. The summed E-state index contributed by atoms with van der Waals surface area (Å²) in [6.07, 6.45) is 5.48. The van der Waals surface area contributed by atoms with Crippen molar-refractivity contribution < 1.29 is 9.18 Å². The fraction of sp³-hybridized carbons (Fsp3) is 0.308. The Morgan fingerprint density at radius 2 is 2.35 bits per heavy atom. The van der Waals surface area contributed by atoms with Crippen molar-refractivity contribution in [2.75, 3.05) is 0 Å². The zero-order valence-corrected chi connectivity index (χ0v) is 10.2. The molecule has 1 rings (SSSR count). The van der Waals surface area contributed by atoms with E-state index in [2.05, 4.69) is 11.2 Å². The molecule has 0 aliphatic heterocycles. The zero-order chi connectivity index (χ0) is 12.8. The summed E-state index contributed by atoms with van der Waals surface area (Å²) in [5.41, 5.74) is 0.208. The quantitative estimate of drug-likeness (QED) is 0.821. The largest absolute Gasteiger partial charge is 0.352 e. The molecular weight excluding hydrogens is 241 g/mol. The molecule has 90 valence electrons. The van der Waals surface area contributed by atoms with Gasteiger partial charge in [-0.15, -0.1) is 12.3 Å². The van der Waals surface area contributed by atoms with E-state index >= 15 is 0 Å². The van der Waals surface area contributed by atoms with E-state index in [0.717, 1.165) is 0 Å². The predicted octanol–water partition coefficient (Wildman–Crippen LogP) is 2.55. The topological polar surface area (TPSA) is 29.1 Å². The lowest BCUT2D eigenvalue weighted by Gasteiger charge is -2.11. The smallest absolute Gasteiger partial charge is 0.224 e. The molecule has 1 amide bonds. The highest BCUT2D eigenvalue weighted by molar-refractivity contribution is 6.31. The van der Waals surface area contributed by atoms with Crippen molar-refractivity contribution in [2.45, 2.75) is 25.8 Å². The van der Waals surface area contributed by atoms with Crippen molar-refractivity contribution in [2.24, 2.45) is 0 Å². The third-order valence-corrected chi connectivity index (χ3v) is 2.58. The first-order valence-corrected chi connectivity index (χ1v) is 5.58. The van der Waals surface area contributed by atoms with Crippen LogP contribution in [0.1, 0.15) is 18.9 Å². The van der Waals surface area contributed by atoms with Crippen LogP contribution in [-0.4, -0.2) is 11.9 Å². The Labute approximate surface area is 105 Å². The van der Waals surface area contributed by atoms with E-state index in [1.54, 1.807) is 13.0 Å². The van der Waals surface area contributed by atoms with E-state index in [-0.39, 0.29) is 29.0 Å². The molecule has 0 heterocycles. The molecule has 0 saturated heterocycles. The Hall–Kier alpha value is -1.53. The fourth-order valence-electron chi connectivity index (χ4n) is 1.42. The molecule has 1 atom stereocenters. The predicted molar refractivity (Wildman–Crippen MR) is 66.2 cm³/mol. The van der Waals surface area contributed by atoms with Crippen LogP contribution in [0.3, 0.4) is 0 Å². The van der Waals surface area contributed by atoms with Crippen molar-refractivity contribution in [1.82, 2.24) is 5.32 Å². The lowest BCUT2D eigenvalue weighted by atomic mass is 10.1. The minimum atomic E-state index is -0.475. The van der Waals surface area contributed by atoms with E-state index in [4.69, 9.17) is 18.0 Å². The zero-order valence-electron chi connectivity index (χ0n) is 9.47. The van der Waals surface area contributed by atoms with Gasteiger partial charge in [0.1, 0.15) is 5.82 Å². The van der Waals surface area contributed by atoms with E-state index in [1.165, 1.54) is 12.1 Å². The summed E-state index contributed by atoms with van der Waals surface area (Å²) >= 11 is 5.82. The van der Waals surface area contributed by atoms with Crippen molar-refractivity contribution >= 4 is 17.5 Å². The summed E-state index contributed by atoms with van der Waals surface area (Å²) in [5, 5.41) is 2.93. The Balaban J connectivity index is 2.66. The summed E-state index contributed by atoms with van der Waals surface area (Å²) in [6.45, 7) is 1.79. The van der Waals surface area contributed by atoms with Gasteiger partial charge in [0, 0.05) is 23.0 Å². The highest BCUT2D eigenvalue weighted by atomic mass is 35.5. The van der Waals surface area contributed by atoms with Crippen LogP contribution < -0.4 is 5.32 Å². The van der Waals surface area contributed by atoms with Crippen LogP contribution in [0.15, 0.2) is 18.2 Å². The Morgan fingerprint density at radius 3 is 2.94 bits per heavy atom. The SMILES string of the molecule is C#CCC(C)NC(=O)Cc1c(F)cccc1Cl. The summed E-state index contributed by atoms with van der Waals surface area (Å²) in [7, 11) is 0. The first-order valence-electron chi connectivity index (χ1n) is 5.20. The van der Waals surface area contributed by atoms with E-state index in [1.807, 2.05) is 0 Å². The molecule has 0 fully saturated rings. The number of terminal acetylenes is 1. The Bertz CT molecular complexity index is 433. The van der Waals surface area contributed by atoms with Crippen molar-refractivity contribution in [3.05, 3.63) is 34.6 Å². The van der Waals surface area contributed by atoms with Gasteiger partial charge in [0.2, 0.25) is 5.91 Å². The van der Waals surface area contributed by atoms with Gasteiger partial charge in [-0.05, 0) is 19.1 Å². The summed E-state index contributed by atoms with van der Waals surface area (Å²) < 4.78 is 13.4. The van der Waals surface area contributed by atoms with Crippen LogP contribution in [-0.2, 0) is 11.2 Å². The standard InChI is InChI=1S/C13H13ClFNO/c1-3-5-9(2)16-13(17)8-10-11(14)6-4-7-12(10)15/h1,4,6-7,9H,5,8H2,2H3,(H,16,17). The maximum atomic E-state index is 13.4. The number of hydrogen-bond donors (Lipinski definition) is 1. The van der Waals surface area contributed by atoms with E-state index in [9.17, 15) is 9.18 Å². The molecule has 0 spiro atoms. The normalized spacial score (nSPS) is 11.6. The van der Waals surface area contributed by atoms with Crippen LogP contribution in [0.4, 0.5) is 4.39 Å². The first kappa shape index (κ1) is 13.5. The van der Waals surface area contributed by atoms with Gasteiger partial charge >= 0.3 is 0 Å². The first-order chi connectivity index (χ1) is 8.04. The molecule has 2 nitrogen and oxygen atoms in total. The number of nitrogens with one attached hydrogen (secondary N) is 1.